The summed E-state index contributed by atoms with van der Waals surface area (Å²) in [5.41, 5.74) is 6.62. The lowest BCUT2D eigenvalue weighted by molar-refractivity contribution is 0.668. The maximum absolute atomic E-state index is 5.55. The van der Waals surface area contributed by atoms with E-state index < -0.39 is 0 Å². The van der Waals surface area contributed by atoms with Gasteiger partial charge in [0.25, 0.3) is 0 Å². The van der Waals surface area contributed by atoms with Gasteiger partial charge in [-0.15, -0.1) is 11.3 Å². The van der Waals surface area contributed by atoms with E-state index in [2.05, 4.69) is 15.1 Å². The van der Waals surface area contributed by atoms with Crippen molar-refractivity contribution in [2.45, 2.75) is 19.3 Å². The summed E-state index contributed by atoms with van der Waals surface area (Å²) in [6.45, 7) is 0. The van der Waals surface area contributed by atoms with E-state index in [9.17, 15) is 0 Å². The molecule has 0 aliphatic heterocycles. The summed E-state index contributed by atoms with van der Waals surface area (Å²) in [5, 5.41) is 6.67. The van der Waals surface area contributed by atoms with Crippen molar-refractivity contribution in [1.82, 2.24) is 19.7 Å². The van der Waals surface area contributed by atoms with E-state index in [1.54, 1.807) is 11.0 Å². The van der Waals surface area contributed by atoms with Gasteiger partial charge in [0.1, 0.15) is 12.2 Å². The summed E-state index contributed by atoms with van der Waals surface area (Å²) in [5.74, 6) is 1.01. The van der Waals surface area contributed by atoms with Gasteiger partial charge < -0.3 is 5.73 Å². The molecule has 0 amide bonds. The molecule has 0 unspecified atom stereocenters. The van der Waals surface area contributed by atoms with Crippen molar-refractivity contribution in [3.05, 3.63) is 23.2 Å². The standard InChI is InChI=1S/C9H13N5S/c1-14-8(11-6-12-14)4-2-3-7-5-15-9(10)13-7/h5-6H,2-4H2,1H3,(H2,10,13). The van der Waals surface area contributed by atoms with Gasteiger partial charge in [0, 0.05) is 18.8 Å². The Kier molecular flexibility index (Phi) is 2.96. The molecule has 2 aromatic heterocycles. The van der Waals surface area contributed by atoms with Crippen LogP contribution >= 0.6 is 11.3 Å². The Labute approximate surface area is 92.0 Å². The second-order valence-electron chi connectivity index (χ2n) is 3.33. The maximum Gasteiger partial charge on any atom is 0.180 e. The van der Waals surface area contributed by atoms with E-state index >= 15 is 0 Å². The van der Waals surface area contributed by atoms with Crippen LogP contribution in [-0.2, 0) is 19.9 Å². The van der Waals surface area contributed by atoms with Gasteiger partial charge in [-0.1, -0.05) is 0 Å². The molecule has 2 aromatic rings. The van der Waals surface area contributed by atoms with Crippen molar-refractivity contribution >= 4 is 16.5 Å². The molecule has 6 heteroatoms. The van der Waals surface area contributed by atoms with Crippen molar-refractivity contribution in [1.29, 1.82) is 0 Å². The predicted octanol–water partition coefficient (Wildman–Crippen LogP) is 1.03. The fraction of sp³-hybridized carbons (Fsp3) is 0.444. The first-order valence-corrected chi connectivity index (χ1v) is 5.66. The molecule has 0 bridgehead atoms. The number of hydrogen-bond acceptors (Lipinski definition) is 5. The number of hydrogen-bond donors (Lipinski definition) is 1. The molecule has 5 nitrogen and oxygen atoms in total. The van der Waals surface area contributed by atoms with Crippen LogP contribution in [0.1, 0.15) is 17.9 Å². The van der Waals surface area contributed by atoms with Gasteiger partial charge in [-0.3, -0.25) is 4.68 Å². The Morgan fingerprint density at radius 2 is 2.33 bits per heavy atom. The number of thiazole rings is 1. The van der Waals surface area contributed by atoms with Gasteiger partial charge in [-0.05, 0) is 12.8 Å². The quantitative estimate of drug-likeness (QED) is 0.840. The Morgan fingerprint density at radius 1 is 1.47 bits per heavy atom. The average Bonchev–Trinajstić information content (AvgIpc) is 2.77. The molecular weight excluding hydrogens is 210 g/mol. The lowest BCUT2D eigenvalue weighted by Crippen LogP contribution is -2.00. The first kappa shape index (κ1) is 10.1. The van der Waals surface area contributed by atoms with Crippen LogP contribution in [0.5, 0.6) is 0 Å². The van der Waals surface area contributed by atoms with Gasteiger partial charge in [0.15, 0.2) is 5.13 Å². The summed E-state index contributed by atoms with van der Waals surface area (Å²) >= 11 is 1.49. The van der Waals surface area contributed by atoms with Crippen molar-refractivity contribution < 1.29 is 0 Å². The highest BCUT2D eigenvalue weighted by Crippen LogP contribution is 2.13. The molecule has 80 valence electrons. The van der Waals surface area contributed by atoms with Crippen LogP contribution in [0.25, 0.3) is 0 Å². The highest BCUT2D eigenvalue weighted by Gasteiger charge is 2.02. The Bertz CT molecular complexity index is 433. The third-order valence-corrected chi connectivity index (χ3v) is 2.93. The Hall–Kier alpha value is -1.43. The minimum Gasteiger partial charge on any atom is -0.375 e. The molecule has 0 spiro atoms. The maximum atomic E-state index is 5.55. The highest BCUT2D eigenvalue weighted by molar-refractivity contribution is 7.13. The summed E-state index contributed by atoms with van der Waals surface area (Å²) in [7, 11) is 1.91. The zero-order valence-electron chi connectivity index (χ0n) is 8.55. The van der Waals surface area contributed by atoms with Crippen LogP contribution in [0.4, 0.5) is 5.13 Å². The van der Waals surface area contributed by atoms with Crippen LogP contribution in [0.3, 0.4) is 0 Å². The summed E-state index contributed by atoms with van der Waals surface area (Å²) < 4.78 is 1.80. The molecule has 0 radical (unpaired) electrons. The lowest BCUT2D eigenvalue weighted by atomic mass is 10.2. The molecule has 2 rings (SSSR count). The van der Waals surface area contributed by atoms with Crippen molar-refractivity contribution in [2.75, 3.05) is 5.73 Å². The summed E-state index contributed by atoms with van der Waals surface area (Å²) in [6.07, 6.45) is 4.47. The number of nitrogen functional groups attached to an aromatic ring is 1. The lowest BCUT2D eigenvalue weighted by Gasteiger charge is -1.98. The third-order valence-electron chi connectivity index (χ3n) is 2.21. The molecule has 15 heavy (non-hydrogen) atoms. The molecular formula is C9H13N5S. The molecule has 0 aliphatic carbocycles. The molecule has 2 N–H and O–H groups in total. The number of aryl methyl sites for hydroxylation is 3. The SMILES string of the molecule is Cn1ncnc1CCCc1csc(N)n1. The first-order valence-electron chi connectivity index (χ1n) is 4.78. The topological polar surface area (TPSA) is 69.6 Å². The molecule has 0 saturated carbocycles. The van der Waals surface area contributed by atoms with Crippen molar-refractivity contribution in [3.8, 4) is 0 Å². The van der Waals surface area contributed by atoms with Gasteiger partial charge in [0.05, 0.1) is 5.69 Å². The molecule has 2 heterocycles. The zero-order valence-corrected chi connectivity index (χ0v) is 9.37. The van der Waals surface area contributed by atoms with Gasteiger partial charge in [0.2, 0.25) is 0 Å². The van der Waals surface area contributed by atoms with E-state index in [4.69, 9.17) is 5.73 Å². The molecule has 0 atom stereocenters. The van der Waals surface area contributed by atoms with Crippen LogP contribution < -0.4 is 5.73 Å². The number of aromatic nitrogens is 4. The molecule has 0 saturated heterocycles. The van der Waals surface area contributed by atoms with Gasteiger partial charge >= 0.3 is 0 Å². The Balaban J connectivity index is 1.83. The van der Waals surface area contributed by atoms with Crippen LogP contribution in [0.2, 0.25) is 0 Å². The fourth-order valence-corrected chi connectivity index (χ4v) is 2.01. The fourth-order valence-electron chi connectivity index (χ4n) is 1.41. The smallest absolute Gasteiger partial charge is 0.180 e. The van der Waals surface area contributed by atoms with Crippen LogP contribution in [0, 0.1) is 0 Å². The predicted molar refractivity (Wildman–Crippen MR) is 59.6 cm³/mol. The van der Waals surface area contributed by atoms with Crippen molar-refractivity contribution in [3.63, 3.8) is 0 Å². The largest absolute Gasteiger partial charge is 0.375 e. The second-order valence-corrected chi connectivity index (χ2v) is 4.22. The monoisotopic (exact) mass is 223 g/mol. The number of nitrogens with zero attached hydrogens (tertiary/aromatic N) is 4. The molecule has 0 aromatic carbocycles. The van der Waals surface area contributed by atoms with E-state index in [0.717, 1.165) is 30.8 Å². The molecule has 0 aliphatic rings. The van der Waals surface area contributed by atoms with Gasteiger partial charge in [-0.25, -0.2) is 9.97 Å². The Morgan fingerprint density at radius 3 is 2.93 bits per heavy atom. The minimum absolute atomic E-state index is 0.642. The summed E-state index contributed by atoms with van der Waals surface area (Å²) in [4.78, 5) is 8.37. The summed E-state index contributed by atoms with van der Waals surface area (Å²) in [6, 6.07) is 0. The van der Waals surface area contributed by atoms with E-state index in [-0.39, 0.29) is 0 Å². The van der Waals surface area contributed by atoms with Crippen molar-refractivity contribution in [2.24, 2.45) is 7.05 Å². The van der Waals surface area contributed by atoms with Crippen LogP contribution in [0.15, 0.2) is 11.7 Å². The van der Waals surface area contributed by atoms with E-state index in [0.29, 0.717) is 5.13 Å². The van der Waals surface area contributed by atoms with E-state index in [1.165, 1.54) is 11.3 Å². The number of nitrogens with two attached hydrogens (primary N) is 1. The second kappa shape index (κ2) is 4.39. The minimum atomic E-state index is 0.642. The first-order chi connectivity index (χ1) is 7.25. The van der Waals surface area contributed by atoms with Gasteiger partial charge in [-0.2, -0.15) is 5.10 Å². The molecule has 0 fully saturated rings. The third kappa shape index (κ3) is 2.53. The average molecular weight is 223 g/mol. The number of anilines is 1. The van der Waals surface area contributed by atoms with E-state index in [1.807, 2.05) is 12.4 Å². The zero-order chi connectivity index (χ0) is 10.7. The number of rotatable bonds is 4. The normalized spacial score (nSPS) is 10.7. The van der Waals surface area contributed by atoms with Crippen LogP contribution in [-0.4, -0.2) is 19.7 Å². The highest BCUT2D eigenvalue weighted by atomic mass is 32.1.